The standard InChI is InChI=1S/C18H32N2O2/c1-7-10-12-18(6,11-8-2)14(5)19-17(21)16-13(4)15(9-3)22-20-16/h14H,7-12H2,1-6H3,(H,19,21). The highest BCUT2D eigenvalue weighted by atomic mass is 16.5. The Bertz CT molecular complexity index is 481. The van der Waals surface area contributed by atoms with Crippen molar-refractivity contribution >= 4 is 5.91 Å². The van der Waals surface area contributed by atoms with E-state index in [1.807, 2.05) is 13.8 Å². The van der Waals surface area contributed by atoms with Gasteiger partial charge in [0.05, 0.1) is 0 Å². The lowest BCUT2D eigenvalue weighted by atomic mass is 9.75. The summed E-state index contributed by atoms with van der Waals surface area (Å²) in [5.41, 5.74) is 1.42. The Kier molecular flexibility index (Phi) is 7.11. The fraction of sp³-hybridized carbons (Fsp3) is 0.778. The second kappa shape index (κ2) is 8.35. The molecule has 1 aromatic rings. The monoisotopic (exact) mass is 308 g/mol. The lowest BCUT2D eigenvalue weighted by Crippen LogP contribution is -2.44. The number of hydrogen-bond donors (Lipinski definition) is 1. The Labute approximate surface area is 135 Å². The van der Waals surface area contributed by atoms with Crippen LogP contribution < -0.4 is 5.32 Å². The molecule has 126 valence electrons. The third-order valence-electron chi connectivity index (χ3n) is 4.87. The van der Waals surface area contributed by atoms with Crippen LogP contribution in [-0.4, -0.2) is 17.1 Å². The minimum Gasteiger partial charge on any atom is -0.360 e. The van der Waals surface area contributed by atoms with Crippen LogP contribution in [0.4, 0.5) is 0 Å². The van der Waals surface area contributed by atoms with Gasteiger partial charge in [-0.3, -0.25) is 4.79 Å². The average Bonchev–Trinajstić information content (AvgIpc) is 2.86. The zero-order valence-corrected chi connectivity index (χ0v) is 15.1. The molecule has 4 nitrogen and oxygen atoms in total. The van der Waals surface area contributed by atoms with Crippen LogP contribution in [0, 0.1) is 12.3 Å². The van der Waals surface area contributed by atoms with Gasteiger partial charge in [-0.05, 0) is 32.1 Å². The summed E-state index contributed by atoms with van der Waals surface area (Å²) in [5, 5.41) is 7.09. The molecule has 0 aliphatic heterocycles. The van der Waals surface area contributed by atoms with Crippen LogP contribution in [0.5, 0.6) is 0 Å². The summed E-state index contributed by atoms with van der Waals surface area (Å²) in [4.78, 5) is 12.5. The smallest absolute Gasteiger partial charge is 0.273 e. The molecule has 1 N–H and O–H groups in total. The van der Waals surface area contributed by atoms with Gasteiger partial charge < -0.3 is 9.84 Å². The zero-order chi connectivity index (χ0) is 16.8. The number of hydrogen-bond acceptors (Lipinski definition) is 3. The summed E-state index contributed by atoms with van der Waals surface area (Å²) in [6.07, 6.45) is 6.51. The maximum atomic E-state index is 12.5. The molecule has 0 fully saturated rings. The van der Waals surface area contributed by atoms with E-state index in [0.717, 1.165) is 37.0 Å². The highest BCUT2D eigenvalue weighted by Crippen LogP contribution is 2.34. The third kappa shape index (κ3) is 4.34. The summed E-state index contributed by atoms with van der Waals surface area (Å²) < 4.78 is 5.23. The Hall–Kier alpha value is -1.32. The average molecular weight is 308 g/mol. The van der Waals surface area contributed by atoms with E-state index in [-0.39, 0.29) is 17.4 Å². The molecule has 0 aromatic carbocycles. The molecule has 0 saturated heterocycles. The SMILES string of the molecule is CCCCC(C)(CCC)C(C)NC(=O)c1noc(CC)c1C. The van der Waals surface area contributed by atoms with E-state index in [0.29, 0.717) is 5.69 Å². The minimum atomic E-state index is -0.118. The van der Waals surface area contributed by atoms with Crippen molar-refractivity contribution in [1.82, 2.24) is 10.5 Å². The van der Waals surface area contributed by atoms with E-state index >= 15 is 0 Å². The van der Waals surface area contributed by atoms with Gasteiger partial charge in [-0.2, -0.15) is 0 Å². The summed E-state index contributed by atoms with van der Waals surface area (Å²) in [6.45, 7) is 12.7. The van der Waals surface area contributed by atoms with Crippen molar-refractivity contribution < 1.29 is 9.32 Å². The predicted octanol–water partition coefficient (Wildman–Crippen LogP) is 4.66. The summed E-state index contributed by atoms with van der Waals surface area (Å²) in [5.74, 6) is 0.674. The van der Waals surface area contributed by atoms with Crippen molar-refractivity contribution in [3.05, 3.63) is 17.0 Å². The summed E-state index contributed by atoms with van der Waals surface area (Å²) in [6, 6.07) is 0.118. The van der Waals surface area contributed by atoms with E-state index in [1.54, 1.807) is 0 Å². The van der Waals surface area contributed by atoms with Gasteiger partial charge in [0.15, 0.2) is 5.69 Å². The first kappa shape index (κ1) is 18.7. The van der Waals surface area contributed by atoms with Gasteiger partial charge in [-0.15, -0.1) is 0 Å². The van der Waals surface area contributed by atoms with Crippen molar-refractivity contribution in [2.75, 3.05) is 0 Å². The molecule has 0 spiro atoms. The molecule has 22 heavy (non-hydrogen) atoms. The zero-order valence-electron chi connectivity index (χ0n) is 15.1. The van der Waals surface area contributed by atoms with Gasteiger partial charge >= 0.3 is 0 Å². The van der Waals surface area contributed by atoms with Crippen LogP contribution in [0.3, 0.4) is 0 Å². The van der Waals surface area contributed by atoms with Gasteiger partial charge in [-0.25, -0.2) is 0 Å². The number of nitrogens with one attached hydrogen (secondary N) is 1. The largest absolute Gasteiger partial charge is 0.360 e. The fourth-order valence-electron chi connectivity index (χ4n) is 3.06. The van der Waals surface area contributed by atoms with Crippen LogP contribution in [0.25, 0.3) is 0 Å². The van der Waals surface area contributed by atoms with Gasteiger partial charge in [0.1, 0.15) is 5.76 Å². The molecule has 1 heterocycles. The van der Waals surface area contributed by atoms with E-state index < -0.39 is 0 Å². The molecule has 0 bridgehead atoms. The molecule has 4 heteroatoms. The van der Waals surface area contributed by atoms with Crippen molar-refractivity contribution in [2.45, 2.75) is 86.1 Å². The first-order chi connectivity index (χ1) is 10.4. The van der Waals surface area contributed by atoms with Crippen molar-refractivity contribution in [1.29, 1.82) is 0 Å². The summed E-state index contributed by atoms with van der Waals surface area (Å²) in [7, 11) is 0. The van der Waals surface area contributed by atoms with Crippen LogP contribution in [0.2, 0.25) is 0 Å². The molecule has 1 rings (SSSR count). The highest BCUT2D eigenvalue weighted by molar-refractivity contribution is 5.93. The number of unbranched alkanes of at least 4 members (excludes halogenated alkanes) is 1. The molecule has 0 saturated carbocycles. The number of amides is 1. The predicted molar refractivity (Wildman–Crippen MR) is 90.1 cm³/mol. The molecule has 0 aliphatic carbocycles. The van der Waals surface area contributed by atoms with Crippen molar-refractivity contribution in [3.8, 4) is 0 Å². The highest BCUT2D eigenvalue weighted by Gasteiger charge is 2.32. The lowest BCUT2D eigenvalue weighted by Gasteiger charge is -2.36. The number of rotatable bonds is 9. The van der Waals surface area contributed by atoms with Crippen molar-refractivity contribution in [3.63, 3.8) is 0 Å². The third-order valence-corrected chi connectivity index (χ3v) is 4.87. The number of aromatic nitrogens is 1. The lowest BCUT2D eigenvalue weighted by molar-refractivity contribution is 0.0868. The van der Waals surface area contributed by atoms with Crippen LogP contribution in [0.1, 0.15) is 88.5 Å². The molecule has 2 unspecified atom stereocenters. The second-order valence-corrected chi connectivity index (χ2v) is 6.64. The van der Waals surface area contributed by atoms with E-state index in [4.69, 9.17) is 4.52 Å². The second-order valence-electron chi connectivity index (χ2n) is 6.64. The number of carbonyl (C=O) groups is 1. The Balaban J connectivity index is 2.81. The van der Waals surface area contributed by atoms with Gasteiger partial charge in [0.2, 0.25) is 0 Å². The van der Waals surface area contributed by atoms with E-state index in [1.165, 1.54) is 12.8 Å². The molecule has 1 aromatic heterocycles. The first-order valence-corrected chi connectivity index (χ1v) is 8.65. The van der Waals surface area contributed by atoms with Gasteiger partial charge in [0, 0.05) is 18.0 Å². The minimum absolute atomic E-state index is 0.118. The fourth-order valence-corrected chi connectivity index (χ4v) is 3.06. The molecular formula is C18H32N2O2. The first-order valence-electron chi connectivity index (χ1n) is 8.65. The van der Waals surface area contributed by atoms with Crippen LogP contribution in [-0.2, 0) is 6.42 Å². The Morgan fingerprint density at radius 1 is 1.27 bits per heavy atom. The topological polar surface area (TPSA) is 55.1 Å². The van der Waals surface area contributed by atoms with Crippen molar-refractivity contribution in [2.24, 2.45) is 5.41 Å². The quantitative estimate of drug-likeness (QED) is 0.722. The van der Waals surface area contributed by atoms with Crippen LogP contribution in [0.15, 0.2) is 4.52 Å². The molecule has 0 radical (unpaired) electrons. The van der Waals surface area contributed by atoms with E-state index in [9.17, 15) is 4.79 Å². The summed E-state index contributed by atoms with van der Waals surface area (Å²) >= 11 is 0. The number of aryl methyl sites for hydroxylation is 1. The molecule has 1 amide bonds. The number of carbonyl (C=O) groups excluding carboxylic acids is 1. The van der Waals surface area contributed by atoms with E-state index in [2.05, 4.69) is 38.2 Å². The Morgan fingerprint density at radius 2 is 1.95 bits per heavy atom. The molecule has 2 atom stereocenters. The number of nitrogens with zero attached hydrogens (tertiary/aromatic N) is 1. The molecule has 0 aliphatic rings. The normalized spacial score (nSPS) is 15.4. The van der Waals surface area contributed by atoms with Gasteiger partial charge in [0.25, 0.3) is 5.91 Å². The maximum absolute atomic E-state index is 12.5. The van der Waals surface area contributed by atoms with Crippen LogP contribution >= 0.6 is 0 Å². The Morgan fingerprint density at radius 3 is 2.45 bits per heavy atom. The van der Waals surface area contributed by atoms with Gasteiger partial charge in [-0.1, -0.05) is 52.1 Å². The maximum Gasteiger partial charge on any atom is 0.273 e. The molecular weight excluding hydrogens is 276 g/mol.